The molecule has 96 valence electrons. The van der Waals surface area contributed by atoms with Crippen LogP contribution in [-0.4, -0.2) is 6.04 Å². The predicted molar refractivity (Wildman–Crippen MR) is 69.6 cm³/mol. The van der Waals surface area contributed by atoms with Gasteiger partial charge in [-0.15, -0.1) is 0 Å². The average Bonchev–Trinajstić information content (AvgIpc) is 2.78. The lowest BCUT2D eigenvalue weighted by atomic mass is 10.2. The van der Waals surface area contributed by atoms with E-state index in [1.807, 2.05) is 13.0 Å². The summed E-state index contributed by atoms with van der Waals surface area (Å²) in [5, 5.41) is 2.92. The van der Waals surface area contributed by atoms with E-state index >= 15 is 0 Å². The number of anilines is 1. The van der Waals surface area contributed by atoms with Gasteiger partial charge in [-0.2, -0.15) is 0 Å². The highest BCUT2D eigenvalue weighted by Gasteiger charge is 2.11. The van der Waals surface area contributed by atoms with E-state index in [0.717, 1.165) is 17.9 Å². The quantitative estimate of drug-likeness (QED) is 0.848. The van der Waals surface area contributed by atoms with Crippen molar-refractivity contribution in [3.63, 3.8) is 0 Å². The van der Waals surface area contributed by atoms with Crippen LogP contribution < -0.4 is 5.32 Å². The molecule has 0 fully saturated rings. The Labute approximate surface area is 112 Å². The van der Waals surface area contributed by atoms with E-state index in [1.165, 1.54) is 0 Å². The monoisotopic (exact) mass is 315 g/mol. The molecule has 0 saturated heterocycles. The highest BCUT2D eigenvalue weighted by molar-refractivity contribution is 9.10. The van der Waals surface area contributed by atoms with Gasteiger partial charge in [0, 0.05) is 18.5 Å². The Hall–Kier alpha value is -1.36. The zero-order valence-corrected chi connectivity index (χ0v) is 11.3. The summed E-state index contributed by atoms with van der Waals surface area (Å²) in [7, 11) is 0. The van der Waals surface area contributed by atoms with Crippen LogP contribution in [0.1, 0.15) is 12.7 Å². The summed E-state index contributed by atoms with van der Waals surface area (Å²) < 4.78 is 32.2. The summed E-state index contributed by atoms with van der Waals surface area (Å²) in [5.41, 5.74) is 0.148. The van der Waals surface area contributed by atoms with Gasteiger partial charge in [0.1, 0.15) is 17.4 Å². The lowest BCUT2D eigenvalue weighted by molar-refractivity contribution is 0.497. The third-order valence-corrected chi connectivity index (χ3v) is 3.11. The van der Waals surface area contributed by atoms with Crippen LogP contribution in [0, 0.1) is 11.6 Å². The Morgan fingerprint density at radius 3 is 2.78 bits per heavy atom. The molecule has 0 saturated carbocycles. The first-order valence-corrected chi connectivity index (χ1v) is 6.29. The van der Waals surface area contributed by atoms with Crippen molar-refractivity contribution >= 4 is 21.6 Å². The van der Waals surface area contributed by atoms with Crippen LogP contribution in [0.2, 0.25) is 0 Å². The number of hydrogen-bond donors (Lipinski definition) is 1. The second kappa shape index (κ2) is 5.52. The molecule has 1 heterocycles. The molecule has 2 rings (SSSR count). The number of hydrogen-bond acceptors (Lipinski definition) is 2. The largest absolute Gasteiger partial charge is 0.469 e. The van der Waals surface area contributed by atoms with Crippen molar-refractivity contribution in [2.45, 2.75) is 19.4 Å². The van der Waals surface area contributed by atoms with Crippen LogP contribution in [-0.2, 0) is 6.42 Å². The van der Waals surface area contributed by atoms with Gasteiger partial charge in [0.2, 0.25) is 0 Å². The van der Waals surface area contributed by atoms with E-state index < -0.39 is 11.6 Å². The van der Waals surface area contributed by atoms with E-state index in [2.05, 4.69) is 21.2 Å². The molecule has 1 aromatic carbocycles. The highest BCUT2D eigenvalue weighted by atomic mass is 79.9. The van der Waals surface area contributed by atoms with Crippen LogP contribution in [0.3, 0.4) is 0 Å². The predicted octanol–water partition coefficient (Wildman–Crippen LogP) is 4.36. The summed E-state index contributed by atoms with van der Waals surface area (Å²) in [6, 6.07) is 5.82. The van der Waals surface area contributed by atoms with E-state index in [9.17, 15) is 8.78 Å². The van der Waals surface area contributed by atoms with Gasteiger partial charge in [0.05, 0.1) is 16.4 Å². The third-order valence-electron chi connectivity index (χ3n) is 2.50. The van der Waals surface area contributed by atoms with Crippen LogP contribution >= 0.6 is 15.9 Å². The van der Waals surface area contributed by atoms with Crippen LogP contribution in [0.5, 0.6) is 0 Å². The first kappa shape index (κ1) is 13.1. The van der Waals surface area contributed by atoms with Crippen molar-refractivity contribution in [3.8, 4) is 0 Å². The van der Waals surface area contributed by atoms with E-state index in [0.29, 0.717) is 6.42 Å². The van der Waals surface area contributed by atoms with Gasteiger partial charge in [-0.25, -0.2) is 8.78 Å². The van der Waals surface area contributed by atoms with Gasteiger partial charge in [-0.3, -0.25) is 0 Å². The van der Waals surface area contributed by atoms with E-state index in [-0.39, 0.29) is 16.2 Å². The van der Waals surface area contributed by atoms with Crippen molar-refractivity contribution in [2.75, 3.05) is 5.32 Å². The molecule has 2 nitrogen and oxygen atoms in total. The minimum absolute atomic E-state index is 0.0637. The summed E-state index contributed by atoms with van der Waals surface area (Å²) in [6.07, 6.45) is 2.19. The molecular weight excluding hydrogens is 304 g/mol. The summed E-state index contributed by atoms with van der Waals surface area (Å²) in [4.78, 5) is 0. The van der Waals surface area contributed by atoms with Crippen molar-refractivity contribution < 1.29 is 13.2 Å². The first-order chi connectivity index (χ1) is 8.56. The smallest absolute Gasteiger partial charge is 0.147 e. The number of nitrogens with one attached hydrogen (secondary N) is 1. The maximum absolute atomic E-state index is 13.6. The number of furan rings is 1. The molecule has 0 aliphatic heterocycles. The van der Waals surface area contributed by atoms with Gasteiger partial charge >= 0.3 is 0 Å². The van der Waals surface area contributed by atoms with Gasteiger partial charge < -0.3 is 9.73 Å². The van der Waals surface area contributed by atoms with E-state index in [1.54, 1.807) is 12.3 Å². The zero-order chi connectivity index (χ0) is 13.1. The fourth-order valence-corrected chi connectivity index (χ4v) is 2.00. The lowest BCUT2D eigenvalue weighted by Crippen LogP contribution is -2.18. The Balaban J connectivity index is 2.07. The van der Waals surface area contributed by atoms with Crippen LogP contribution in [0.15, 0.2) is 39.4 Å². The molecule has 0 aliphatic rings. The van der Waals surface area contributed by atoms with E-state index in [4.69, 9.17) is 4.42 Å². The van der Waals surface area contributed by atoms with Gasteiger partial charge in [-0.05, 0) is 41.1 Å². The fraction of sp³-hybridized carbons (Fsp3) is 0.231. The Morgan fingerprint density at radius 2 is 2.11 bits per heavy atom. The van der Waals surface area contributed by atoms with Gasteiger partial charge in [0.25, 0.3) is 0 Å². The zero-order valence-electron chi connectivity index (χ0n) is 9.71. The SMILES string of the molecule is CC(Cc1ccco1)Nc1cc(F)c(Br)cc1F. The maximum Gasteiger partial charge on any atom is 0.147 e. The Morgan fingerprint density at radius 1 is 1.33 bits per heavy atom. The molecule has 1 atom stereocenters. The minimum Gasteiger partial charge on any atom is -0.469 e. The summed E-state index contributed by atoms with van der Waals surface area (Å²) >= 11 is 2.94. The number of halogens is 3. The van der Waals surface area contributed by atoms with Gasteiger partial charge in [-0.1, -0.05) is 0 Å². The summed E-state index contributed by atoms with van der Waals surface area (Å²) in [6.45, 7) is 1.88. The highest BCUT2D eigenvalue weighted by Crippen LogP contribution is 2.24. The molecule has 1 aromatic heterocycles. The van der Waals surface area contributed by atoms with Crippen molar-refractivity contribution in [1.29, 1.82) is 0 Å². The molecule has 1 N–H and O–H groups in total. The maximum atomic E-state index is 13.6. The van der Waals surface area contributed by atoms with Crippen molar-refractivity contribution in [3.05, 3.63) is 52.4 Å². The normalized spacial score (nSPS) is 12.4. The standard InChI is InChI=1S/C13H12BrF2NO/c1-8(5-9-3-2-4-18-9)17-13-7-11(15)10(14)6-12(13)16/h2-4,6-8,17H,5H2,1H3. The number of benzene rings is 1. The second-order valence-electron chi connectivity index (χ2n) is 4.08. The molecule has 0 spiro atoms. The fourth-order valence-electron chi connectivity index (χ4n) is 1.68. The molecule has 1 unspecified atom stereocenters. The molecular formula is C13H12BrF2NO. The van der Waals surface area contributed by atoms with Crippen LogP contribution in [0.25, 0.3) is 0 Å². The molecule has 18 heavy (non-hydrogen) atoms. The topological polar surface area (TPSA) is 25.2 Å². The number of rotatable bonds is 4. The second-order valence-corrected chi connectivity index (χ2v) is 4.93. The molecule has 0 bridgehead atoms. The third kappa shape index (κ3) is 3.10. The molecule has 5 heteroatoms. The Bertz CT molecular complexity index is 528. The minimum atomic E-state index is -0.496. The lowest BCUT2D eigenvalue weighted by Gasteiger charge is -2.15. The van der Waals surface area contributed by atoms with Gasteiger partial charge in [0.15, 0.2) is 0 Å². The molecule has 0 amide bonds. The molecule has 2 aromatic rings. The summed E-state index contributed by atoms with van der Waals surface area (Å²) in [5.74, 6) is -0.188. The van der Waals surface area contributed by atoms with Crippen molar-refractivity contribution in [2.24, 2.45) is 0 Å². The average molecular weight is 316 g/mol. The molecule has 0 aliphatic carbocycles. The first-order valence-electron chi connectivity index (χ1n) is 5.49. The Kier molecular flexibility index (Phi) is 4.01. The van der Waals surface area contributed by atoms with Crippen LogP contribution in [0.4, 0.5) is 14.5 Å². The van der Waals surface area contributed by atoms with Crippen molar-refractivity contribution in [1.82, 2.24) is 0 Å². The molecule has 0 radical (unpaired) electrons.